The summed E-state index contributed by atoms with van der Waals surface area (Å²) in [5.74, 6) is 3.78. The zero-order valence-corrected chi connectivity index (χ0v) is 79.8. The number of alkyl halides is 2. The molecule has 0 aliphatic carbocycles. The molecule has 142 heavy (non-hydrogen) atoms. The molecule has 1 aliphatic heterocycles. The molecule has 0 saturated carbocycles. The molecule has 16 aromatic heterocycles. The van der Waals surface area contributed by atoms with Gasteiger partial charge >= 0.3 is 0 Å². The van der Waals surface area contributed by atoms with Crippen molar-refractivity contribution in [2.75, 3.05) is 46.7 Å². The molecule has 20 aromatic rings. The quantitative estimate of drug-likeness (QED) is 0.0430. The molecular formula is C103H89F2N25O9S3. The van der Waals surface area contributed by atoms with Crippen LogP contribution in [0.1, 0.15) is 66.9 Å². The van der Waals surface area contributed by atoms with Crippen LogP contribution >= 0.6 is 0 Å². The van der Waals surface area contributed by atoms with Crippen LogP contribution in [0.2, 0.25) is 0 Å². The van der Waals surface area contributed by atoms with Gasteiger partial charge in [0, 0.05) is 145 Å². The molecule has 17 heterocycles. The molecule has 0 amide bonds. The van der Waals surface area contributed by atoms with Crippen LogP contribution in [0.4, 0.5) is 32.1 Å². The number of nitrogens with one attached hydrogen (secondary N) is 3. The Morgan fingerprint density at radius 2 is 0.782 bits per heavy atom. The number of nitrogens with zero attached hydrogens (tertiary/aromatic N) is 22. The van der Waals surface area contributed by atoms with Crippen LogP contribution in [0.3, 0.4) is 0 Å². The van der Waals surface area contributed by atoms with E-state index in [0.717, 1.165) is 126 Å². The Kier molecular flexibility index (Phi) is 27.8. The zero-order chi connectivity index (χ0) is 98.8. The third-order valence-corrected chi connectivity index (χ3v) is 25.7. The van der Waals surface area contributed by atoms with Crippen molar-refractivity contribution in [3.05, 3.63) is 351 Å². The number of ketones is 1. The standard InChI is InChI=1S/C27H26N6O3S.C26H22N6O3S.C25H20F2N6O2S.C25H21N7O/c1-18(2)36-27-23(37(3,34)35)15-20(16-30-27)25-31-26(29-17-21-11-7-8-13-28-21)24-22(12-14-33(24)32-25)19-9-5-4-6-10-19;1-35-26-22(36(2,33)34)13-19(14-28-26)24-29-25(31-15-18-9-6-11-27-21(18)16-31)23-20(10-12-32(23)30-24)17-7-4-3-5-8-17;1-36(34,35)20-13-17(14-29-21(20)23(26)27)24-31-25(30-15-18-9-5-6-11-28-18)22-19(10-12-33(22)32-24)16-7-3-2-4-8-16;1-17(33)13-20-14-26-16-22(29-20)24-30-25(28-15-19-9-5-6-11-27-19)23-21(10-12-32(23)31-24)18-7-3-2-4-8-18/h4-16,18H,17H2,1-3H3,(H,29,31,32);3-14H,15-16H2,1-2H3;2-14,23H,15H2,1H3,(H,30,31,32);2-12,14,16H,13,15H2,1H3,(H,28,30,31). The van der Waals surface area contributed by atoms with Crippen LogP contribution in [-0.2, 0) is 73.5 Å². The van der Waals surface area contributed by atoms with E-state index in [4.69, 9.17) is 39.7 Å². The van der Waals surface area contributed by atoms with Gasteiger partial charge in [-0.05, 0) is 134 Å². The Morgan fingerprint density at radius 3 is 1.19 bits per heavy atom. The van der Waals surface area contributed by atoms with Crippen LogP contribution in [0.5, 0.6) is 11.8 Å². The minimum absolute atomic E-state index is 0.0111. The normalized spacial score (nSPS) is 11.9. The number of hydrogen-bond acceptors (Lipinski definition) is 30. The van der Waals surface area contributed by atoms with Gasteiger partial charge in [0.05, 0.1) is 79.0 Å². The molecule has 21 rings (SSSR count). The second kappa shape index (κ2) is 41.5. The van der Waals surface area contributed by atoms with E-state index in [1.807, 2.05) is 214 Å². The Balaban J connectivity index is 0.000000125. The molecule has 0 bridgehead atoms. The number of Topliss-reactive ketones (excluding diaryl/α,β-unsaturated/α-hetero) is 1. The van der Waals surface area contributed by atoms with Gasteiger partial charge in [0.15, 0.2) is 70.3 Å². The fourth-order valence-corrected chi connectivity index (χ4v) is 18.3. The number of hydrogen-bond donors (Lipinski definition) is 3. The van der Waals surface area contributed by atoms with Crippen LogP contribution in [0.15, 0.2) is 326 Å². The van der Waals surface area contributed by atoms with Crippen molar-refractivity contribution in [1.82, 2.24) is 103 Å². The minimum Gasteiger partial charge on any atom is -0.480 e. The number of rotatable bonds is 27. The Hall–Kier alpha value is -17.3. The average molecular weight is 1960 g/mol. The SMILES string of the molecule is CC(=O)Cc1cncc(-c2nc(NCc3ccccn3)c3c(-c4ccccc4)ccn3n2)n1.CC(C)Oc1ncc(-c2nc(NCc3ccccn3)c3c(-c4ccccc4)ccn3n2)cc1S(C)(=O)=O.COc1ncc(-c2nc(N3Cc4cccnc4C3)c3c(-c4ccccc4)ccn3n2)cc1S(C)(=O)=O.CS(=O)(=O)c1cc(-c2nc(NCc3ccccn3)c3c(-c4ccccc4)ccn3n2)cnc1C(F)F. The van der Waals surface area contributed by atoms with Crippen molar-refractivity contribution in [1.29, 1.82) is 0 Å². The first-order valence-electron chi connectivity index (χ1n) is 44.5. The third-order valence-electron chi connectivity index (χ3n) is 22.4. The number of sulfone groups is 3. The van der Waals surface area contributed by atoms with Gasteiger partial charge in [-0.1, -0.05) is 146 Å². The van der Waals surface area contributed by atoms with Crippen molar-refractivity contribution >= 4 is 80.6 Å². The van der Waals surface area contributed by atoms with E-state index in [1.165, 1.54) is 38.6 Å². The highest BCUT2D eigenvalue weighted by Gasteiger charge is 2.31. The van der Waals surface area contributed by atoms with Crippen LogP contribution in [0.25, 0.3) is 112 Å². The minimum atomic E-state index is -3.97. The molecule has 4 aromatic carbocycles. The Labute approximate surface area is 813 Å². The van der Waals surface area contributed by atoms with Crippen molar-refractivity contribution in [2.45, 2.75) is 87.1 Å². The lowest BCUT2D eigenvalue weighted by molar-refractivity contribution is -0.116. The summed E-state index contributed by atoms with van der Waals surface area (Å²) >= 11 is 0. The highest BCUT2D eigenvalue weighted by Crippen LogP contribution is 2.41. The van der Waals surface area contributed by atoms with E-state index >= 15 is 0 Å². The summed E-state index contributed by atoms with van der Waals surface area (Å²) in [5.41, 5.74) is 17.3. The maximum absolute atomic E-state index is 13.4. The second-order valence-corrected chi connectivity index (χ2v) is 39.0. The molecule has 0 radical (unpaired) electrons. The van der Waals surface area contributed by atoms with Gasteiger partial charge in [0.2, 0.25) is 17.6 Å². The number of carbonyl (C=O) groups excluding carboxylic acids is 1. The summed E-state index contributed by atoms with van der Waals surface area (Å²) < 4.78 is 119. The van der Waals surface area contributed by atoms with Gasteiger partial charge in [-0.3, -0.25) is 34.7 Å². The van der Waals surface area contributed by atoms with Gasteiger partial charge in [-0.2, -0.15) is 0 Å². The topological polar surface area (TPSA) is 414 Å². The monoisotopic (exact) mass is 1950 g/mol. The number of methoxy groups -OCH3 is 1. The predicted octanol–water partition coefficient (Wildman–Crippen LogP) is 17.2. The van der Waals surface area contributed by atoms with Gasteiger partial charge in [-0.25, -0.2) is 87.0 Å². The highest BCUT2D eigenvalue weighted by molar-refractivity contribution is 7.91. The van der Waals surface area contributed by atoms with E-state index in [-0.39, 0.29) is 51.2 Å². The van der Waals surface area contributed by atoms with Gasteiger partial charge < -0.3 is 30.3 Å². The predicted molar refractivity (Wildman–Crippen MR) is 534 cm³/mol. The molecule has 3 N–H and O–H groups in total. The zero-order valence-electron chi connectivity index (χ0n) is 77.3. The number of benzene rings is 4. The molecule has 0 fully saturated rings. The third kappa shape index (κ3) is 21.6. The summed E-state index contributed by atoms with van der Waals surface area (Å²) in [6, 6.07) is 73.1. The number of halogens is 2. The van der Waals surface area contributed by atoms with Crippen LogP contribution < -0.4 is 30.3 Å². The first kappa shape index (κ1) is 95.0. The number of ether oxygens (including phenoxy) is 2. The highest BCUT2D eigenvalue weighted by atomic mass is 32.2. The molecule has 0 spiro atoms. The smallest absolute Gasteiger partial charge is 0.281 e. The van der Waals surface area contributed by atoms with Gasteiger partial charge in [0.1, 0.15) is 49.0 Å². The summed E-state index contributed by atoms with van der Waals surface area (Å²) in [7, 11) is -9.77. The fraction of sp³-hybridized carbons (Fsp3) is 0.146. The van der Waals surface area contributed by atoms with Crippen molar-refractivity contribution in [3.8, 4) is 102 Å². The second-order valence-electron chi connectivity index (χ2n) is 33.1. The van der Waals surface area contributed by atoms with E-state index in [1.54, 1.807) is 61.4 Å². The Bertz CT molecular complexity index is 8360. The van der Waals surface area contributed by atoms with Gasteiger partial charge in [-0.15, -0.1) is 20.4 Å². The summed E-state index contributed by atoms with van der Waals surface area (Å²) in [6.45, 7) is 7.73. The van der Waals surface area contributed by atoms with E-state index in [0.29, 0.717) is 95.7 Å². The maximum Gasteiger partial charge on any atom is 0.281 e. The van der Waals surface area contributed by atoms with Crippen molar-refractivity contribution in [2.24, 2.45) is 0 Å². The molecule has 0 atom stereocenters. The van der Waals surface area contributed by atoms with E-state index in [9.17, 15) is 38.8 Å². The molecular weight excluding hydrogens is 1870 g/mol. The molecule has 0 unspecified atom stereocenters. The number of pyridine rings is 7. The molecule has 712 valence electrons. The summed E-state index contributed by atoms with van der Waals surface area (Å²) in [5, 5.41) is 28.8. The summed E-state index contributed by atoms with van der Waals surface area (Å²) in [4.78, 5) is 71.0. The molecule has 39 heteroatoms. The molecule has 34 nitrogen and oxygen atoms in total. The first-order valence-corrected chi connectivity index (χ1v) is 50.2. The molecule has 0 saturated heterocycles. The lowest BCUT2D eigenvalue weighted by Gasteiger charge is -2.19. The fourth-order valence-electron chi connectivity index (χ4n) is 15.9. The van der Waals surface area contributed by atoms with Crippen LogP contribution in [0, 0.1) is 0 Å². The lowest BCUT2D eigenvalue weighted by Crippen LogP contribution is -2.18. The number of aromatic nitrogens is 21. The van der Waals surface area contributed by atoms with Gasteiger partial charge in [0.25, 0.3) is 6.43 Å². The first-order chi connectivity index (χ1) is 68.7. The number of carbonyl (C=O) groups is 1. The Morgan fingerprint density at radius 1 is 0.394 bits per heavy atom. The lowest BCUT2D eigenvalue weighted by atomic mass is 10.1. The van der Waals surface area contributed by atoms with Crippen LogP contribution in [-0.4, -0.2) is 166 Å². The molecule has 1 aliphatic rings. The summed E-state index contributed by atoms with van der Waals surface area (Å²) in [6.07, 6.45) is 21.9. The van der Waals surface area contributed by atoms with Crippen molar-refractivity contribution < 1.29 is 48.3 Å². The van der Waals surface area contributed by atoms with E-state index in [2.05, 4.69) is 106 Å². The number of anilines is 4. The largest absolute Gasteiger partial charge is 0.480 e. The average Bonchev–Trinajstić information content (AvgIpc) is 1.46. The maximum atomic E-state index is 13.4. The number of fused-ring (bicyclic) bond motifs is 5. The van der Waals surface area contributed by atoms with E-state index < -0.39 is 46.5 Å². The van der Waals surface area contributed by atoms with Crippen molar-refractivity contribution in [3.63, 3.8) is 0 Å².